The molecule has 4 aromatic heterocycles. The molecule has 80 heavy (non-hydrogen) atoms. The molecule has 30 heteroatoms. The third-order valence-electron chi connectivity index (χ3n) is 11.9. The minimum atomic E-state index is -5.08. The maximum atomic E-state index is 12.2. The largest absolute Gasteiger partial charge is 0.491 e. The number of ether oxygens (including phenoxy) is 2. The highest BCUT2D eigenvalue weighted by Gasteiger charge is 2.39. The van der Waals surface area contributed by atoms with Gasteiger partial charge in [-0.3, -0.25) is 0 Å². The molecule has 426 valence electrons. The molecule has 2 aliphatic heterocycles. The number of halogens is 6. The number of hydrogen-bond acceptors (Lipinski definition) is 16. The number of aryl methyl sites for hydroxylation is 2. The third-order valence-corrected chi connectivity index (χ3v) is 13.6. The predicted octanol–water partition coefficient (Wildman–Crippen LogP) is 7.07. The third kappa shape index (κ3) is 16.4. The molecule has 7 aromatic rings. The van der Waals surface area contributed by atoms with E-state index in [0.29, 0.717) is 77.1 Å². The first-order chi connectivity index (χ1) is 38.3. The number of aliphatic carboxylic acids is 2. The van der Waals surface area contributed by atoms with Crippen molar-refractivity contribution in [2.24, 2.45) is 11.5 Å². The number of nitrogens with zero attached hydrogens (tertiary/aromatic N) is 10. The number of carbonyl (C=O) groups excluding carboxylic acids is 2. The minimum absolute atomic E-state index is 0.0838. The minimum Gasteiger partial charge on any atom is -0.491 e. The van der Waals surface area contributed by atoms with E-state index < -0.39 is 24.3 Å². The van der Waals surface area contributed by atoms with Gasteiger partial charge in [0.1, 0.15) is 34.7 Å². The van der Waals surface area contributed by atoms with Crippen molar-refractivity contribution in [3.63, 3.8) is 0 Å². The van der Waals surface area contributed by atoms with E-state index in [1.54, 1.807) is 19.2 Å². The van der Waals surface area contributed by atoms with Crippen molar-refractivity contribution in [2.45, 2.75) is 50.9 Å². The maximum Gasteiger partial charge on any atom is 0.490 e. The number of carboxylic acid groups (broad SMARTS) is 2. The number of amides is 4. The number of carbonyl (C=O) groups is 4. The molecule has 2 fully saturated rings. The van der Waals surface area contributed by atoms with Gasteiger partial charge in [0.05, 0.1) is 70.8 Å². The molecule has 22 nitrogen and oxygen atoms in total. The second-order valence-corrected chi connectivity index (χ2v) is 19.3. The van der Waals surface area contributed by atoms with Gasteiger partial charge in [0.15, 0.2) is 0 Å². The highest BCUT2D eigenvalue weighted by molar-refractivity contribution is 7.13. The second kappa shape index (κ2) is 27.6. The van der Waals surface area contributed by atoms with Gasteiger partial charge >= 0.3 is 36.4 Å². The van der Waals surface area contributed by atoms with Crippen LogP contribution >= 0.6 is 22.7 Å². The summed E-state index contributed by atoms with van der Waals surface area (Å²) in [5.41, 5.74) is 20.0. The summed E-state index contributed by atoms with van der Waals surface area (Å²) in [6.45, 7) is 5.37. The van der Waals surface area contributed by atoms with Gasteiger partial charge in [-0.25, -0.2) is 38.5 Å². The molecule has 0 atom stereocenters. The van der Waals surface area contributed by atoms with Crippen molar-refractivity contribution in [3.05, 3.63) is 95.2 Å². The Kier molecular flexibility index (Phi) is 20.5. The number of rotatable bonds is 22. The lowest BCUT2D eigenvalue weighted by molar-refractivity contribution is -0.193. The molecule has 9 rings (SSSR count). The van der Waals surface area contributed by atoms with E-state index in [9.17, 15) is 35.9 Å². The van der Waals surface area contributed by atoms with Gasteiger partial charge in [-0.05, 0) is 81.9 Å². The summed E-state index contributed by atoms with van der Waals surface area (Å²) < 4.78 is 79.8. The molecule has 2 saturated heterocycles. The molecule has 4 amide bonds. The van der Waals surface area contributed by atoms with E-state index in [-0.39, 0.29) is 12.1 Å². The van der Waals surface area contributed by atoms with E-state index in [4.69, 9.17) is 50.7 Å². The van der Waals surface area contributed by atoms with Crippen LogP contribution in [0.25, 0.3) is 55.0 Å². The summed E-state index contributed by atoms with van der Waals surface area (Å²) in [4.78, 5) is 56.0. The van der Waals surface area contributed by atoms with Crippen LogP contribution in [-0.2, 0) is 22.4 Å². The molecule has 8 N–H and O–H groups in total. The first-order valence-corrected chi connectivity index (χ1v) is 26.5. The van der Waals surface area contributed by atoms with Gasteiger partial charge in [-0.15, -0.1) is 32.9 Å². The zero-order chi connectivity index (χ0) is 57.4. The van der Waals surface area contributed by atoms with E-state index >= 15 is 0 Å². The number of urea groups is 2. The Bertz CT molecular complexity index is 3020. The van der Waals surface area contributed by atoms with Crippen LogP contribution < -0.4 is 31.6 Å². The van der Waals surface area contributed by atoms with E-state index in [1.807, 2.05) is 77.8 Å². The summed E-state index contributed by atoms with van der Waals surface area (Å²) in [6, 6.07) is 19.9. The number of alkyl halides is 6. The number of aromatic nitrogens is 8. The summed E-state index contributed by atoms with van der Waals surface area (Å²) in [7, 11) is 0. The van der Waals surface area contributed by atoms with E-state index in [2.05, 4.69) is 37.3 Å². The molecule has 0 spiro atoms. The highest BCUT2D eigenvalue weighted by atomic mass is 32.1. The van der Waals surface area contributed by atoms with Crippen LogP contribution in [0.2, 0.25) is 0 Å². The number of unbranched alkanes of at least 4 members (excludes halogenated alkanes) is 2. The Morgan fingerprint density at radius 1 is 0.625 bits per heavy atom. The molecule has 0 saturated carbocycles. The number of nitrogens with one attached hydrogen (secondary N) is 2. The molecule has 0 aliphatic carbocycles. The maximum absolute atomic E-state index is 12.2. The predicted molar refractivity (Wildman–Crippen MR) is 282 cm³/mol. The standard InChI is InChI=1S/C46H52N14O4S2.2C2HF3O2/c47-14-3-1-8-33-27-59(55-53-33)35-10-12-37(41(25-35)63-22-20-57-18-16-49-45(57)61)43-51-39(29-65-43)31-6-5-7-32(24-31)40-30-66-44(52-40)38-13-11-36(60-28-34(54-56-60)9-2-4-15-48)26-42(38)64-23-21-58-19-17-50-46(58)62;2*3-2(4,5)1(6)7/h5-7,10-13,24-30H,1-4,8-9,14-23,47-48H2,(H,49,61)(H,50,62);2*(H,6,7). The SMILES string of the molecule is NCCCCc1cn(-c2ccc(-c3nc(-c4cccc(-c5csc(-c6ccc(-n7cc(CCCCN)nn7)cc6OCCN6CCNC6=O)n5)c4)cs3)c(OCCN3CCNC3=O)c2)nn1.O=C(O)C(F)(F)F.O=C(O)C(F)(F)F. The fraction of sp³-hybridized carbons (Fsp3) is 0.360. The van der Waals surface area contributed by atoms with Crippen LogP contribution in [0.15, 0.2) is 83.8 Å². The van der Waals surface area contributed by atoms with Crippen LogP contribution in [0.4, 0.5) is 35.9 Å². The Morgan fingerprint density at radius 2 is 1.04 bits per heavy atom. The molecular weight excluding hydrogens is 1100 g/mol. The number of carboxylic acids is 2. The number of thiazole rings is 2. The van der Waals surface area contributed by atoms with Crippen molar-refractivity contribution in [1.82, 2.24) is 60.4 Å². The van der Waals surface area contributed by atoms with Crippen LogP contribution in [0.5, 0.6) is 11.5 Å². The lowest BCUT2D eigenvalue weighted by atomic mass is 10.1. The average Bonchev–Trinajstić information content (AvgIpc) is 4.31. The lowest BCUT2D eigenvalue weighted by Crippen LogP contribution is -2.31. The van der Waals surface area contributed by atoms with Crippen molar-refractivity contribution < 1.29 is 65.2 Å². The number of benzene rings is 3. The number of hydrogen-bond donors (Lipinski definition) is 6. The Labute approximate surface area is 460 Å². The van der Waals surface area contributed by atoms with Crippen LogP contribution in [-0.4, -0.2) is 162 Å². The van der Waals surface area contributed by atoms with E-state index in [1.165, 1.54) is 22.7 Å². The normalized spacial score (nSPS) is 13.3. The zero-order valence-corrected chi connectivity index (χ0v) is 44.1. The van der Waals surface area contributed by atoms with Crippen LogP contribution in [0.3, 0.4) is 0 Å². The first-order valence-electron chi connectivity index (χ1n) is 24.8. The monoisotopic (exact) mass is 1160 g/mol. The van der Waals surface area contributed by atoms with E-state index in [0.717, 1.165) is 105 Å². The molecular formula is C50H54F6N14O8S2. The van der Waals surface area contributed by atoms with Crippen molar-refractivity contribution in [3.8, 4) is 66.5 Å². The molecule has 2 aliphatic rings. The van der Waals surface area contributed by atoms with Gasteiger partial charge in [0.2, 0.25) is 0 Å². The van der Waals surface area contributed by atoms with Crippen molar-refractivity contribution >= 4 is 46.7 Å². The zero-order valence-electron chi connectivity index (χ0n) is 42.5. The molecule has 6 heterocycles. The van der Waals surface area contributed by atoms with Gasteiger partial charge < -0.3 is 51.6 Å². The topological polar surface area (TPSA) is 297 Å². The van der Waals surface area contributed by atoms with Crippen LogP contribution in [0.1, 0.15) is 37.1 Å². The fourth-order valence-electron chi connectivity index (χ4n) is 7.76. The molecule has 0 bridgehead atoms. The Balaban J connectivity index is 0.000000586. The van der Waals surface area contributed by atoms with Crippen LogP contribution in [0, 0.1) is 0 Å². The molecule has 3 aromatic carbocycles. The Hall–Kier alpha value is -8.22. The molecule has 0 unspecified atom stereocenters. The van der Waals surface area contributed by atoms with Gasteiger partial charge in [0, 0.05) is 60.2 Å². The lowest BCUT2D eigenvalue weighted by Gasteiger charge is -2.16. The van der Waals surface area contributed by atoms with Gasteiger partial charge in [-0.1, -0.05) is 28.6 Å². The van der Waals surface area contributed by atoms with Gasteiger partial charge in [-0.2, -0.15) is 26.3 Å². The summed E-state index contributed by atoms with van der Waals surface area (Å²) in [6.07, 6.45) is -0.924. The smallest absolute Gasteiger partial charge is 0.490 e. The highest BCUT2D eigenvalue weighted by Crippen LogP contribution is 2.39. The summed E-state index contributed by atoms with van der Waals surface area (Å²) in [5.74, 6) is -4.24. The average molecular weight is 1160 g/mol. The second-order valence-electron chi connectivity index (χ2n) is 17.6. The first kappa shape index (κ1) is 59.4. The summed E-state index contributed by atoms with van der Waals surface area (Å²) >= 11 is 3.07. The summed E-state index contributed by atoms with van der Waals surface area (Å²) in [5, 5.41) is 43.2. The van der Waals surface area contributed by atoms with Crippen molar-refractivity contribution in [2.75, 3.05) is 65.6 Å². The number of nitrogens with two attached hydrogens (primary N) is 2. The quantitative estimate of drug-likeness (QED) is 0.0292. The Morgan fingerprint density at radius 3 is 1.40 bits per heavy atom. The molecule has 0 radical (unpaired) electrons. The van der Waals surface area contributed by atoms with Crippen molar-refractivity contribution in [1.29, 1.82) is 0 Å². The van der Waals surface area contributed by atoms with Gasteiger partial charge in [0.25, 0.3) is 0 Å². The fourth-order valence-corrected chi connectivity index (χ4v) is 9.47.